The lowest BCUT2D eigenvalue weighted by Crippen LogP contribution is -2.36. The molecule has 0 unspecified atom stereocenters. The number of anilines is 1. The van der Waals surface area contributed by atoms with E-state index in [1.54, 1.807) is 0 Å². The zero-order valence-electron chi connectivity index (χ0n) is 30.9. The van der Waals surface area contributed by atoms with Gasteiger partial charge in [0.25, 0.3) is 0 Å². The molecule has 0 atom stereocenters. The summed E-state index contributed by atoms with van der Waals surface area (Å²) in [4.78, 5) is 24.2. The van der Waals surface area contributed by atoms with Gasteiger partial charge in [0.15, 0.2) is 5.65 Å². The standard InChI is InChI=1S/C38H55N5O5Si2/c1-46-36(44)24-38(45)17-15-30(16-18-38)34-23-35(42(27-47-19-21-49(2,3)4)28-48-20-22-50(5,6)7)43-37(41-34)32(26-40-43)31-13-14-33(39-25-31)29-11-9-8-10-12-29/h8-14,23,25-26,30,45H,15-22,24,27-28H2,1-7H3. The van der Waals surface area contributed by atoms with Crippen LogP contribution in [0.25, 0.3) is 28.0 Å². The predicted octanol–water partition coefficient (Wildman–Crippen LogP) is 7.84. The zero-order chi connectivity index (χ0) is 35.9. The van der Waals surface area contributed by atoms with Crippen LogP contribution in [-0.4, -0.2) is 86.2 Å². The van der Waals surface area contributed by atoms with E-state index >= 15 is 0 Å². The molecular weight excluding hydrogens is 663 g/mol. The minimum atomic E-state index is -1.27. The second kappa shape index (κ2) is 16.3. The largest absolute Gasteiger partial charge is 0.469 e. The molecule has 50 heavy (non-hydrogen) atoms. The molecule has 0 bridgehead atoms. The number of ether oxygens (including phenoxy) is 3. The van der Waals surface area contributed by atoms with Crippen LogP contribution in [0.15, 0.2) is 60.9 Å². The first-order chi connectivity index (χ1) is 23.7. The van der Waals surface area contributed by atoms with Crippen LogP contribution < -0.4 is 4.90 Å². The average molecular weight is 718 g/mol. The molecular formula is C38H55N5O5Si2. The topological polar surface area (TPSA) is 111 Å². The number of carbonyl (C=O) groups is 1. The number of aliphatic hydroxyl groups is 1. The van der Waals surface area contributed by atoms with Gasteiger partial charge in [-0.3, -0.25) is 9.78 Å². The molecule has 0 aliphatic heterocycles. The van der Waals surface area contributed by atoms with Crippen molar-refractivity contribution in [1.29, 1.82) is 0 Å². The van der Waals surface area contributed by atoms with Crippen LogP contribution in [0.1, 0.15) is 43.7 Å². The Bertz CT molecular complexity index is 1670. The molecule has 0 radical (unpaired) electrons. The van der Waals surface area contributed by atoms with E-state index < -0.39 is 21.7 Å². The Labute approximate surface area is 299 Å². The number of fused-ring (bicyclic) bond motifs is 1. The third-order valence-corrected chi connectivity index (χ3v) is 12.9. The molecule has 5 rings (SSSR count). The van der Waals surface area contributed by atoms with Crippen LogP contribution in [0.5, 0.6) is 0 Å². The van der Waals surface area contributed by atoms with Gasteiger partial charge in [-0.05, 0) is 43.8 Å². The average Bonchev–Trinajstić information content (AvgIpc) is 3.51. The Morgan fingerprint density at radius 2 is 1.56 bits per heavy atom. The molecule has 3 aromatic heterocycles. The number of benzene rings is 1. The van der Waals surface area contributed by atoms with Gasteiger partial charge >= 0.3 is 5.97 Å². The highest BCUT2D eigenvalue weighted by molar-refractivity contribution is 6.76. The second-order valence-corrected chi connectivity index (χ2v) is 27.4. The van der Waals surface area contributed by atoms with E-state index in [2.05, 4.69) is 68.4 Å². The normalized spacial score (nSPS) is 18.4. The molecule has 4 aromatic rings. The zero-order valence-corrected chi connectivity index (χ0v) is 32.9. The van der Waals surface area contributed by atoms with Gasteiger partial charge in [0.2, 0.25) is 0 Å². The van der Waals surface area contributed by atoms with Gasteiger partial charge in [-0.25, -0.2) is 4.98 Å². The smallest absolute Gasteiger partial charge is 0.308 e. The molecule has 1 fully saturated rings. The minimum Gasteiger partial charge on any atom is -0.469 e. The molecule has 1 aliphatic carbocycles. The van der Waals surface area contributed by atoms with E-state index in [1.165, 1.54) is 7.11 Å². The fraction of sp³-hybridized carbons (Fsp3) is 0.526. The van der Waals surface area contributed by atoms with Gasteiger partial charge in [-0.2, -0.15) is 9.61 Å². The lowest BCUT2D eigenvalue weighted by atomic mass is 9.76. The van der Waals surface area contributed by atoms with Crippen LogP contribution in [0.3, 0.4) is 0 Å². The molecule has 270 valence electrons. The number of pyridine rings is 1. The minimum absolute atomic E-state index is 0.00395. The number of esters is 1. The molecule has 12 heteroatoms. The quantitative estimate of drug-likeness (QED) is 0.0536. The van der Waals surface area contributed by atoms with Crippen molar-refractivity contribution in [2.45, 2.75) is 95.0 Å². The molecule has 1 N–H and O–H groups in total. The van der Waals surface area contributed by atoms with E-state index in [1.807, 2.05) is 41.2 Å². The summed E-state index contributed by atoms with van der Waals surface area (Å²) < 4.78 is 19.4. The Kier molecular flexibility index (Phi) is 12.3. The Balaban J connectivity index is 1.50. The van der Waals surface area contributed by atoms with Crippen molar-refractivity contribution in [2.75, 3.05) is 38.7 Å². The fourth-order valence-corrected chi connectivity index (χ4v) is 7.69. The summed E-state index contributed by atoms with van der Waals surface area (Å²) in [6, 6.07) is 18.5. The summed E-state index contributed by atoms with van der Waals surface area (Å²) in [5.41, 5.74) is 4.37. The van der Waals surface area contributed by atoms with Crippen LogP contribution in [-0.2, 0) is 19.0 Å². The summed E-state index contributed by atoms with van der Waals surface area (Å²) in [7, 11) is -1.19. The van der Waals surface area contributed by atoms with Crippen molar-refractivity contribution >= 4 is 33.6 Å². The number of hydrogen-bond donors (Lipinski definition) is 1. The first-order valence-electron chi connectivity index (χ1n) is 17.8. The summed E-state index contributed by atoms with van der Waals surface area (Å²) in [5, 5.41) is 16.1. The number of nitrogens with zero attached hydrogens (tertiary/aromatic N) is 5. The monoisotopic (exact) mass is 717 g/mol. The van der Waals surface area contributed by atoms with Crippen molar-refractivity contribution in [1.82, 2.24) is 19.6 Å². The third kappa shape index (κ3) is 10.3. The van der Waals surface area contributed by atoms with Gasteiger partial charge < -0.3 is 24.2 Å². The number of rotatable bonds is 16. The van der Waals surface area contributed by atoms with E-state index in [4.69, 9.17) is 29.3 Å². The lowest BCUT2D eigenvalue weighted by molar-refractivity contribution is -0.147. The van der Waals surface area contributed by atoms with E-state index in [-0.39, 0.29) is 18.3 Å². The van der Waals surface area contributed by atoms with Gasteiger partial charge in [0, 0.05) is 69.9 Å². The highest BCUT2D eigenvalue weighted by atomic mass is 28.3. The van der Waals surface area contributed by atoms with Crippen LogP contribution in [0, 0.1) is 0 Å². The first-order valence-corrected chi connectivity index (χ1v) is 25.3. The maximum atomic E-state index is 12.0. The van der Waals surface area contributed by atoms with Crippen molar-refractivity contribution in [3.63, 3.8) is 0 Å². The lowest BCUT2D eigenvalue weighted by Gasteiger charge is -2.35. The van der Waals surface area contributed by atoms with Crippen molar-refractivity contribution in [2.24, 2.45) is 0 Å². The van der Waals surface area contributed by atoms with Crippen molar-refractivity contribution < 1.29 is 24.1 Å². The summed E-state index contributed by atoms with van der Waals surface area (Å²) in [5.74, 6) is 0.560. The third-order valence-electron chi connectivity index (χ3n) is 9.46. The van der Waals surface area contributed by atoms with Crippen LogP contribution in [0.2, 0.25) is 51.4 Å². The molecule has 0 spiro atoms. The molecule has 3 heterocycles. The molecule has 10 nitrogen and oxygen atoms in total. The molecule has 0 amide bonds. The van der Waals surface area contributed by atoms with Gasteiger partial charge in [0.05, 0.1) is 31.0 Å². The molecule has 0 saturated heterocycles. The Morgan fingerprint density at radius 1 is 0.920 bits per heavy atom. The summed E-state index contributed by atoms with van der Waals surface area (Å²) in [6.45, 7) is 16.2. The number of hydrogen-bond acceptors (Lipinski definition) is 9. The Morgan fingerprint density at radius 3 is 2.12 bits per heavy atom. The first kappa shape index (κ1) is 37.8. The van der Waals surface area contributed by atoms with Gasteiger partial charge in [0.1, 0.15) is 19.3 Å². The van der Waals surface area contributed by atoms with E-state index in [9.17, 15) is 9.90 Å². The number of aromatic nitrogens is 4. The van der Waals surface area contributed by atoms with E-state index in [0.29, 0.717) is 52.4 Å². The van der Waals surface area contributed by atoms with Gasteiger partial charge in [-0.15, -0.1) is 0 Å². The number of carbonyl (C=O) groups excluding carboxylic acids is 1. The number of methoxy groups -OCH3 is 1. The maximum Gasteiger partial charge on any atom is 0.308 e. The fourth-order valence-electron chi connectivity index (χ4n) is 6.18. The van der Waals surface area contributed by atoms with Crippen molar-refractivity contribution in [3.05, 3.63) is 66.6 Å². The van der Waals surface area contributed by atoms with Crippen molar-refractivity contribution in [3.8, 4) is 22.4 Å². The highest BCUT2D eigenvalue weighted by Crippen LogP contribution is 2.41. The predicted molar refractivity (Wildman–Crippen MR) is 205 cm³/mol. The molecule has 1 aromatic carbocycles. The van der Waals surface area contributed by atoms with Crippen LogP contribution >= 0.6 is 0 Å². The maximum absolute atomic E-state index is 12.0. The van der Waals surface area contributed by atoms with Crippen LogP contribution in [0.4, 0.5) is 5.82 Å². The second-order valence-electron chi connectivity index (χ2n) is 16.1. The molecule has 1 aliphatic rings. The SMILES string of the molecule is COC(=O)CC1(O)CCC(c2cc(N(COCC[Si](C)(C)C)COCC[Si](C)(C)C)n3ncc(-c4ccc(-c5ccccc5)nc4)c3n2)CC1. The summed E-state index contributed by atoms with van der Waals surface area (Å²) >= 11 is 0. The summed E-state index contributed by atoms with van der Waals surface area (Å²) in [6.07, 6.45) is 6.14. The Hall–Kier alpha value is -3.43. The van der Waals surface area contributed by atoms with Gasteiger partial charge in [-0.1, -0.05) is 75.7 Å². The molecule has 1 saturated carbocycles. The highest BCUT2D eigenvalue weighted by Gasteiger charge is 2.37. The van der Waals surface area contributed by atoms with E-state index in [0.717, 1.165) is 51.6 Å².